The second-order valence-corrected chi connectivity index (χ2v) is 3.66. The van der Waals surface area contributed by atoms with E-state index in [-0.39, 0.29) is 17.1 Å². The Morgan fingerprint density at radius 3 is 1.18 bits per heavy atom. The Labute approximate surface area is 114 Å². The van der Waals surface area contributed by atoms with Crippen molar-refractivity contribution in [2.75, 3.05) is 13.1 Å². The first-order valence-electron chi connectivity index (χ1n) is 5.68. The minimum Gasteiger partial charge on any atom is -0.331 e. The van der Waals surface area contributed by atoms with E-state index in [9.17, 15) is 0 Å². The Morgan fingerprint density at radius 1 is 0.647 bits per heavy atom. The molecule has 0 aliphatic rings. The van der Waals surface area contributed by atoms with Crippen LogP contribution in [0, 0.1) is 0 Å². The van der Waals surface area contributed by atoms with Crippen LogP contribution in [0.2, 0.25) is 0 Å². The minimum absolute atomic E-state index is 0. The number of hydrogen-bond donors (Lipinski definition) is 2. The fourth-order valence-electron chi connectivity index (χ4n) is 1.49. The molecule has 4 N–H and O–H groups in total. The van der Waals surface area contributed by atoms with Gasteiger partial charge in [0.05, 0.1) is 0 Å². The summed E-state index contributed by atoms with van der Waals surface area (Å²) in [6, 6.07) is 16.5. The van der Waals surface area contributed by atoms with Crippen molar-refractivity contribution in [3.8, 4) is 0 Å². The van der Waals surface area contributed by atoms with E-state index >= 15 is 0 Å². The molecule has 0 heterocycles. The van der Waals surface area contributed by atoms with Gasteiger partial charge in [-0.1, -0.05) is 12.8 Å². The van der Waals surface area contributed by atoms with E-state index in [0.717, 1.165) is 25.9 Å². The summed E-state index contributed by atoms with van der Waals surface area (Å²) in [6.45, 7) is 1.51. The molecule has 2 aromatic rings. The standard InChI is InChI=1S/2C7H10N.Fe/c2*8-6-5-7-3-1-2-4-7;/h2*1-4H,5-6,8H2;/q2*-1;+2. The van der Waals surface area contributed by atoms with E-state index in [1.807, 2.05) is 24.3 Å². The van der Waals surface area contributed by atoms with Crippen LogP contribution in [-0.2, 0) is 29.9 Å². The van der Waals surface area contributed by atoms with Gasteiger partial charge in [-0.15, -0.1) is 0 Å². The maximum absolute atomic E-state index is 5.32. The van der Waals surface area contributed by atoms with Gasteiger partial charge in [0.1, 0.15) is 0 Å². The molecule has 0 fully saturated rings. The average molecular weight is 272 g/mol. The summed E-state index contributed by atoms with van der Waals surface area (Å²) in [5.74, 6) is 0. The van der Waals surface area contributed by atoms with Crippen molar-refractivity contribution >= 4 is 0 Å². The maximum Gasteiger partial charge on any atom is 2.00 e. The Bertz CT molecular complexity index is 302. The van der Waals surface area contributed by atoms with Crippen molar-refractivity contribution in [1.82, 2.24) is 0 Å². The van der Waals surface area contributed by atoms with Gasteiger partial charge in [0.2, 0.25) is 0 Å². The van der Waals surface area contributed by atoms with Gasteiger partial charge in [-0.2, -0.15) is 35.4 Å². The first-order valence-corrected chi connectivity index (χ1v) is 5.68. The van der Waals surface area contributed by atoms with Gasteiger partial charge in [0, 0.05) is 0 Å². The van der Waals surface area contributed by atoms with Crippen LogP contribution in [0.5, 0.6) is 0 Å². The Hall–Kier alpha value is -0.861. The normalized spacial score (nSPS) is 9.06. The van der Waals surface area contributed by atoms with E-state index < -0.39 is 0 Å². The van der Waals surface area contributed by atoms with E-state index in [4.69, 9.17) is 11.5 Å². The maximum atomic E-state index is 5.32. The fraction of sp³-hybridized carbons (Fsp3) is 0.286. The summed E-state index contributed by atoms with van der Waals surface area (Å²) in [4.78, 5) is 0. The van der Waals surface area contributed by atoms with Crippen molar-refractivity contribution < 1.29 is 17.1 Å². The van der Waals surface area contributed by atoms with Crippen LogP contribution in [0.15, 0.2) is 48.5 Å². The molecule has 0 amide bonds. The van der Waals surface area contributed by atoms with E-state index in [0.29, 0.717) is 0 Å². The van der Waals surface area contributed by atoms with E-state index in [1.54, 1.807) is 0 Å². The van der Waals surface area contributed by atoms with Gasteiger partial charge in [-0.05, 0) is 13.1 Å². The zero-order valence-corrected chi connectivity index (χ0v) is 11.1. The Balaban J connectivity index is 0.000000284. The molecular weight excluding hydrogens is 252 g/mol. The molecule has 0 spiro atoms. The van der Waals surface area contributed by atoms with Crippen molar-refractivity contribution in [2.24, 2.45) is 11.5 Å². The van der Waals surface area contributed by atoms with Crippen molar-refractivity contribution in [1.29, 1.82) is 0 Å². The molecule has 0 atom stereocenters. The third kappa shape index (κ3) is 7.14. The predicted molar refractivity (Wildman–Crippen MR) is 69.6 cm³/mol. The van der Waals surface area contributed by atoms with Crippen molar-refractivity contribution in [3.63, 3.8) is 0 Å². The molecule has 0 aromatic heterocycles. The third-order valence-corrected chi connectivity index (χ3v) is 2.33. The summed E-state index contributed by atoms with van der Waals surface area (Å²) in [7, 11) is 0. The topological polar surface area (TPSA) is 52.0 Å². The van der Waals surface area contributed by atoms with Crippen LogP contribution in [0.4, 0.5) is 0 Å². The summed E-state index contributed by atoms with van der Waals surface area (Å²) in [6.07, 6.45) is 2.01. The molecule has 2 nitrogen and oxygen atoms in total. The summed E-state index contributed by atoms with van der Waals surface area (Å²) in [5, 5.41) is 0. The third-order valence-electron chi connectivity index (χ3n) is 2.33. The molecule has 0 bridgehead atoms. The molecule has 0 aliphatic carbocycles. The zero-order valence-electron chi connectivity index (χ0n) is 9.96. The number of nitrogens with two attached hydrogens (primary N) is 2. The van der Waals surface area contributed by atoms with Gasteiger partial charge < -0.3 is 11.5 Å². The molecule has 2 aromatic carbocycles. The van der Waals surface area contributed by atoms with Gasteiger partial charge in [-0.25, -0.2) is 24.3 Å². The molecule has 0 radical (unpaired) electrons. The number of rotatable bonds is 4. The molecule has 0 aliphatic heterocycles. The number of hydrogen-bond acceptors (Lipinski definition) is 2. The van der Waals surface area contributed by atoms with Gasteiger partial charge in [0.15, 0.2) is 0 Å². The average Bonchev–Trinajstić information content (AvgIpc) is 2.92. The summed E-state index contributed by atoms with van der Waals surface area (Å²) >= 11 is 0. The van der Waals surface area contributed by atoms with Crippen LogP contribution in [0.25, 0.3) is 0 Å². The van der Waals surface area contributed by atoms with Crippen molar-refractivity contribution in [3.05, 3.63) is 59.7 Å². The molecular formula is C14H20FeN2. The monoisotopic (exact) mass is 272 g/mol. The van der Waals surface area contributed by atoms with Crippen molar-refractivity contribution in [2.45, 2.75) is 12.8 Å². The second kappa shape index (κ2) is 10.3. The molecule has 0 saturated heterocycles. The molecule has 3 heteroatoms. The van der Waals surface area contributed by atoms with E-state index in [1.165, 1.54) is 11.1 Å². The second-order valence-electron chi connectivity index (χ2n) is 3.66. The molecule has 94 valence electrons. The quantitative estimate of drug-likeness (QED) is 0.658. The Morgan fingerprint density at radius 2 is 0.941 bits per heavy atom. The van der Waals surface area contributed by atoms with Crippen LogP contribution >= 0.6 is 0 Å². The largest absolute Gasteiger partial charge is 2.00 e. The van der Waals surface area contributed by atoms with Gasteiger partial charge in [0.25, 0.3) is 0 Å². The fourth-order valence-corrected chi connectivity index (χ4v) is 1.49. The van der Waals surface area contributed by atoms with Crippen LogP contribution in [-0.4, -0.2) is 13.1 Å². The van der Waals surface area contributed by atoms with Crippen LogP contribution < -0.4 is 11.5 Å². The smallest absolute Gasteiger partial charge is 0.331 e. The summed E-state index contributed by atoms with van der Waals surface area (Å²) < 4.78 is 0. The molecule has 2 rings (SSSR count). The predicted octanol–water partition coefficient (Wildman–Crippen LogP) is 1.81. The van der Waals surface area contributed by atoms with Crippen LogP contribution in [0.3, 0.4) is 0 Å². The minimum atomic E-state index is 0. The first kappa shape index (κ1) is 16.1. The first-order chi connectivity index (χ1) is 7.86. The summed E-state index contributed by atoms with van der Waals surface area (Å²) in [5.41, 5.74) is 13.3. The molecule has 0 unspecified atom stereocenters. The van der Waals surface area contributed by atoms with Crippen LogP contribution in [0.1, 0.15) is 11.1 Å². The zero-order chi connectivity index (χ0) is 11.6. The van der Waals surface area contributed by atoms with Gasteiger partial charge in [-0.3, -0.25) is 0 Å². The Kier molecular flexibility index (Phi) is 9.78. The van der Waals surface area contributed by atoms with E-state index in [2.05, 4.69) is 24.3 Å². The SMILES string of the molecule is NCC[c-]1cccc1.NCC[c-]1cccc1.[Fe+2]. The molecule has 17 heavy (non-hydrogen) atoms. The molecule has 0 saturated carbocycles. The van der Waals surface area contributed by atoms with Gasteiger partial charge >= 0.3 is 17.1 Å².